The van der Waals surface area contributed by atoms with E-state index in [0.29, 0.717) is 49.7 Å². The number of carbonyl (C=O) groups excluding carboxylic acids is 1. The van der Waals surface area contributed by atoms with Gasteiger partial charge in [-0.15, -0.1) is 0 Å². The zero-order valence-electron chi connectivity index (χ0n) is 16.6. The number of ether oxygens (including phenoxy) is 2. The van der Waals surface area contributed by atoms with Crippen LogP contribution in [0.25, 0.3) is 0 Å². The van der Waals surface area contributed by atoms with E-state index in [2.05, 4.69) is 5.10 Å². The highest BCUT2D eigenvalue weighted by Crippen LogP contribution is 2.36. The summed E-state index contributed by atoms with van der Waals surface area (Å²) < 4.78 is 12.3. The fourth-order valence-electron chi connectivity index (χ4n) is 4.44. The Morgan fingerprint density at radius 3 is 2.87 bits per heavy atom. The van der Waals surface area contributed by atoms with Crippen molar-refractivity contribution >= 4 is 11.6 Å². The molecule has 1 amide bonds. The number of nitrogens with zero attached hydrogens (tertiary/aromatic N) is 4. The third-order valence-electron chi connectivity index (χ3n) is 6.00. The van der Waals surface area contributed by atoms with Crippen LogP contribution in [0.4, 0.5) is 5.69 Å². The van der Waals surface area contributed by atoms with E-state index < -0.39 is 0 Å². The molecule has 2 fully saturated rings. The molecule has 2 saturated heterocycles. The van der Waals surface area contributed by atoms with Crippen molar-refractivity contribution in [2.75, 3.05) is 37.9 Å². The number of anilines is 1. The van der Waals surface area contributed by atoms with E-state index in [9.17, 15) is 14.7 Å². The maximum atomic E-state index is 13.1. The van der Waals surface area contributed by atoms with Crippen LogP contribution in [0.5, 0.6) is 11.5 Å². The van der Waals surface area contributed by atoms with E-state index >= 15 is 0 Å². The van der Waals surface area contributed by atoms with Gasteiger partial charge >= 0.3 is 0 Å². The number of benzene rings is 1. The molecule has 2 atom stereocenters. The molecule has 9 nitrogen and oxygen atoms in total. The molecule has 0 saturated carbocycles. The van der Waals surface area contributed by atoms with Gasteiger partial charge in [-0.2, -0.15) is 5.10 Å². The van der Waals surface area contributed by atoms with Crippen molar-refractivity contribution in [3.8, 4) is 11.5 Å². The predicted molar refractivity (Wildman–Crippen MR) is 108 cm³/mol. The van der Waals surface area contributed by atoms with E-state index in [-0.39, 0.29) is 30.4 Å². The van der Waals surface area contributed by atoms with E-state index in [1.165, 1.54) is 4.68 Å². The third kappa shape index (κ3) is 3.39. The minimum atomic E-state index is -0.362. The van der Waals surface area contributed by atoms with Gasteiger partial charge < -0.3 is 24.4 Å². The lowest BCUT2D eigenvalue weighted by atomic mass is 10.0. The number of amides is 1. The van der Waals surface area contributed by atoms with Gasteiger partial charge in [-0.1, -0.05) is 6.07 Å². The monoisotopic (exact) mass is 412 g/mol. The zero-order chi connectivity index (χ0) is 20.7. The zero-order valence-corrected chi connectivity index (χ0v) is 16.6. The highest BCUT2D eigenvalue weighted by molar-refractivity contribution is 5.98. The molecule has 9 heteroatoms. The van der Waals surface area contributed by atoms with Gasteiger partial charge in [0.05, 0.1) is 29.6 Å². The Morgan fingerprint density at radius 2 is 2.07 bits per heavy atom. The minimum absolute atomic E-state index is 0.113. The lowest BCUT2D eigenvalue weighted by Gasteiger charge is -2.33. The molecule has 1 aromatic heterocycles. The topological polar surface area (TPSA) is 97.1 Å². The Bertz CT molecular complexity index is 1020. The number of carbonyl (C=O) groups is 1. The highest BCUT2D eigenvalue weighted by Gasteiger charge is 2.30. The molecule has 1 N–H and O–H groups in total. The summed E-state index contributed by atoms with van der Waals surface area (Å²) in [7, 11) is 0. The Morgan fingerprint density at radius 1 is 1.17 bits per heavy atom. The van der Waals surface area contributed by atoms with E-state index in [4.69, 9.17) is 9.47 Å². The van der Waals surface area contributed by atoms with Crippen molar-refractivity contribution in [2.24, 2.45) is 0 Å². The lowest BCUT2D eigenvalue weighted by Crippen LogP contribution is -2.43. The third-order valence-corrected chi connectivity index (χ3v) is 6.00. The molecule has 158 valence electrons. The molecule has 0 radical (unpaired) electrons. The van der Waals surface area contributed by atoms with Crippen molar-refractivity contribution in [3.05, 3.63) is 46.4 Å². The molecular weight excluding hydrogens is 388 g/mol. The number of aliphatic hydroxyl groups excluding tert-OH is 1. The van der Waals surface area contributed by atoms with Crippen LogP contribution in [0, 0.1) is 0 Å². The summed E-state index contributed by atoms with van der Waals surface area (Å²) in [5.41, 5.74) is 1.02. The first-order valence-electron chi connectivity index (χ1n) is 10.3. The molecule has 0 spiro atoms. The molecule has 3 aliphatic rings. The van der Waals surface area contributed by atoms with Crippen LogP contribution < -0.4 is 19.9 Å². The number of likely N-dealkylation sites (tertiary alicyclic amines) is 1. The Labute approximate surface area is 173 Å². The summed E-state index contributed by atoms with van der Waals surface area (Å²) in [5.74, 6) is 0.935. The number of β-amino-alcohol motifs (C(OH)–C–C–N with tert-alkyl or cyclic N) is 1. The molecule has 30 heavy (non-hydrogen) atoms. The van der Waals surface area contributed by atoms with Gasteiger partial charge in [0.2, 0.25) is 6.79 Å². The molecule has 1 unspecified atom stereocenters. The molecular formula is C21H24N4O5. The fourth-order valence-corrected chi connectivity index (χ4v) is 4.44. The van der Waals surface area contributed by atoms with Crippen LogP contribution in [0.3, 0.4) is 0 Å². The SMILES string of the molecule is O=C(c1cccc2c1OCO2)N1CCCC(n2ncc(N3CC[C@H](O)C3)cc2=O)C1. The number of hydrogen-bond donors (Lipinski definition) is 1. The first-order chi connectivity index (χ1) is 14.6. The van der Waals surface area contributed by atoms with Crippen molar-refractivity contribution in [3.63, 3.8) is 0 Å². The summed E-state index contributed by atoms with van der Waals surface area (Å²) in [4.78, 5) is 29.6. The number of aliphatic hydroxyl groups is 1. The van der Waals surface area contributed by atoms with Gasteiger partial charge in [0, 0.05) is 32.2 Å². The van der Waals surface area contributed by atoms with Gasteiger partial charge in [0.1, 0.15) is 0 Å². The number of para-hydroxylation sites is 1. The number of piperidine rings is 1. The fraction of sp³-hybridized carbons (Fsp3) is 0.476. The average molecular weight is 412 g/mol. The second-order valence-corrected chi connectivity index (χ2v) is 7.97. The summed E-state index contributed by atoms with van der Waals surface area (Å²) in [6.45, 7) is 2.38. The van der Waals surface area contributed by atoms with Crippen LogP contribution in [-0.4, -0.2) is 64.8 Å². The van der Waals surface area contributed by atoms with Crippen LogP contribution >= 0.6 is 0 Å². The number of hydrogen-bond acceptors (Lipinski definition) is 7. The van der Waals surface area contributed by atoms with Crippen LogP contribution in [0.15, 0.2) is 35.3 Å². The Kier molecular flexibility index (Phi) is 4.82. The molecule has 0 bridgehead atoms. The van der Waals surface area contributed by atoms with Gasteiger partial charge in [-0.05, 0) is 31.4 Å². The Balaban J connectivity index is 1.34. The number of aromatic nitrogens is 2. The van der Waals surface area contributed by atoms with Crippen LogP contribution in [0.2, 0.25) is 0 Å². The molecule has 2 aromatic rings. The molecule has 0 aliphatic carbocycles. The summed E-state index contributed by atoms with van der Waals surface area (Å²) in [6, 6.07) is 6.69. The maximum absolute atomic E-state index is 13.1. The predicted octanol–water partition coefficient (Wildman–Crippen LogP) is 1.02. The van der Waals surface area contributed by atoms with Crippen molar-refractivity contribution in [1.82, 2.24) is 14.7 Å². The summed E-state index contributed by atoms with van der Waals surface area (Å²) in [6.07, 6.45) is 3.58. The number of rotatable bonds is 3. The van der Waals surface area contributed by atoms with E-state index in [0.717, 1.165) is 18.5 Å². The molecule has 4 heterocycles. The second kappa shape index (κ2) is 7.64. The van der Waals surface area contributed by atoms with Crippen molar-refractivity contribution in [2.45, 2.75) is 31.4 Å². The lowest BCUT2D eigenvalue weighted by molar-refractivity contribution is 0.0665. The van der Waals surface area contributed by atoms with Crippen molar-refractivity contribution in [1.29, 1.82) is 0 Å². The molecule has 5 rings (SSSR count). The van der Waals surface area contributed by atoms with Crippen LogP contribution in [-0.2, 0) is 0 Å². The first-order valence-corrected chi connectivity index (χ1v) is 10.3. The summed E-state index contributed by atoms with van der Waals surface area (Å²) >= 11 is 0. The van der Waals surface area contributed by atoms with Gasteiger partial charge in [0.25, 0.3) is 11.5 Å². The summed E-state index contributed by atoms with van der Waals surface area (Å²) in [5, 5.41) is 14.1. The number of fused-ring (bicyclic) bond motifs is 1. The Hall–Kier alpha value is -3.07. The molecule has 3 aliphatic heterocycles. The van der Waals surface area contributed by atoms with E-state index in [1.54, 1.807) is 35.4 Å². The minimum Gasteiger partial charge on any atom is -0.454 e. The van der Waals surface area contributed by atoms with E-state index in [1.807, 2.05) is 4.90 Å². The smallest absolute Gasteiger partial charge is 0.269 e. The van der Waals surface area contributed by atoms with Gasteiger partial charge in [-0.25, -0.2) is 4.68 Å². The van der Waals surface area contributed by atoms with Gasteiger partial charge in [-0.3, -0.25) is 9.59 Å². The normalized spacial score (nSPS) is 23.1. The second-order valence-electron chi connectivity index (χ2n) is 7.97. The molecule has 1 aromatic carbocycles. The average Bonchev–Trinajstić information content (AvgIpc) is 3.42. The largest absolute Gasteiger partial charge is 0.454 e. The quantitative estimate of drug-likeness (QED) is 0.804. The van der Waals surface area contributed by atoms with Gasteiger partial charge in [0.15, 0.2) is 11.5 Å². The maximum Gasteiger partial charge on any atom is 0.269 e. The van der Waals surface area contributed by atoms with Crippen LogP contribution in [0.1, 0.15) is 35.7 Å². The highest BCUT2D eigenvalue weighted by atomic mass is 16.7. The van der Waals surface area contributed by atoms with Crippen molar-refractivity contribution < 1.29 is 19.4 Å². The first kappa shape index (κ1) is 18.9. The standard InChI is InChI=1S/C21H24N4O5/c26-16-6-8-23(12-16)15-9-19(27)25(22-10-15)14-3-2-7-24(11-14)21(28)17-4-1-5-18-20(17)30-13-29-18/h1,4-5,9-10,14,16,26H,2-3,6-8,11-13H2/t14?,16-/m0/s1.